The summed E-state index contributed by atoms with van der Waals surface area (Å²) in [6.07, 6.45) is 3.91. The number of hydrogen-bond donors (Lipinski definition) is 1. The van der Waals surface area contributed by atoms with Gasteiger partial charge in [0.25, 0.3) is 5.91 Å². The molecule has 0 aromatic heterocycles. The van der Waals surface area contributed by atoms with Crippen molar-refractivity contribution in [3.8, 4) is 0 Å². The fourth-order valence-electron chi connectivity index (χ4n) is 1.09. The zero-order valence-electron chi connectivity index (χ0n) is 9.56. The van der Waals surface area contributed by atoms with Gasteiger partial charge in [0.2, 0.25) is 0 Å². The van der Waals surface area contributed by atoms with E-state index in [1.165, 1.54) is 7.05 Å². The quantitative estimate of drug-likeness (QED) is 0.392. The van der Waals surface area contributed by atoms with Gasteiger partial charge in [-0.2, -0.15) is 0 Å². The van der Waals surface area contributed by atoms with E-state index in [-0.39, 0.29) is 5.91 Å². The summed E-state index contributed by atoms with van der Waals surface area (Å²) in [5.74, 6) is -1.02. The Labute approximate surface area is 94.8 Å². The minimum Gasteiger partial charge on any atom is -0.449 e. The molecular formula is C11H17NO4. The molecule has 0 aliphatic rings. The predicted octanol–water partition coefficient (Wildman–Crippen LogP) is 0.589. The number of rotatable bonds is 7. The highest BCUT2D eigenvalue weighted by Crippen LogP contribution is 2.05. The molecule has 0 bridgehead atoms. The summed E-state index contributed by atoms with van der Waals surface area (Å²) in [7, 11) is 1.48. The van der Waals surface area contributed by atoms with Crippen LogP contribution in [0.2, 0.25) is 0 Å². The van der Waals surface area contributed by atoms with Gasteiger partial charge in [0, 0.05) is 13.1 Å². The maximum Gasteiger partial charge on any atom is 0.331 e. The van der Waals surface area contributed by atoms with Gasteiger partial charge in [-0.15, -0.1) is 0 Å². The maximum absolute atomic E-state index is 11.3. The second-order valence-corrected chi connectivity index (χ2v) is 3.18. The lowest BCUT2D eigenvalue weighted by atomic mass is 10.1. The van der Waals surface area contributed by atoms with Crippen LogP contribution in [0.3, 0.4) is 0 Å². The topological polar surface area (TPSA) is 72.5 Å². The molecule has 1 N–H and O–H groups in total. The number of allylic oxidation sites excluding steroid dienone is 1. The van der Waals surface area contributed by atoms with Crippen molar-refractivity contribution in [3.05, 3.63) is 12.2 Å². The van der Waals surface area contributed by atoms with Crippen LogP contribution in [-0.2, 0) is 19.1 Å². The first-order valence-electron chi connectivity index (χ1n) is 5.19. The van der Waals surface area contributed by atoms with Crippen LogP contribution >= 0.6 is 0 Å². The van der Waals surface area contributed by atoms with E-state index in [0.717, 1.165) is 25.0 Å². The summed E-state index contributed by atoms with van der Waals surface area (Å²) >= 11 is 0. The normalized spacial score (nSPS) is 12.1. The van der Waals surface area contributed by atoms with Crippen LogP contribution in [-0.4, -0.2) is 31.3 Å². The monoisotopic (exact) mass is 227 g/mol. The minimum absolute atomic E-state index is 0.332. The number of carbonyl (C=O) groups is 3. The highest BCUT2D eigenvalue weighted by atomic mass is 16.5. The molecule has 0 fully saturated rings. The lowest BCUT2D eigenvalue weighted by Gasteiger charge is -2.14. The summed E-state index contributed by atoms with van der Waals surface area (Å²) in [6, 6.07) is 0. The molecule has 5 heteroatoms. The second kappa shape index (κ2) is 8.64. The lowest BCUT2D eigenvalue weighted by molar-refractivity contribution is -0.151. The lowest BCUT2D eigenvalue weighted by Crippen LogP contribution is -2.35. The molecule has 0 spiro atoms. The smallest absolute Gasteiger partial charge is 0.331 e. The van der Waals surface area contributed by atoms with E-state index in [9.17, 15) is 14.4 Å². The number of unbranched alkanes of at least 4 members (excludes halogenated alkanes) is 1. The molecule has 1 amide bonds. The summed E-state index contributed by atoms with van der Waals surface area (Å²) in [5, 5.41) is 2.43. The highest BCUT2D eigenvalue weighted by molar-refractivity contribution is 5.89. The van der Waals surface area contributed by atoms with Gasteiger partial charge in [-0.25, -0.2) is 4.79 Å². The zero-order valence-corrected chi connectivity index (χ0v) is 9.56. The third kappa shape index (κ3) is 5.95. The Morgan fingerprint density at radius 1 is 1.44 bits per heavy atom. The Kier molecular flexibility index (Phi) is 7.75. The van der Waals surface area contributed by atoms with E-state index in [1.54, 1.807) is 0 Å². The van der Waals surface area contributed by atoms with Crippen LogP contribution in [0.25, 0.3) is 0 Å². The molecule has 0 aliphatic carbocycles. The number of ether oxygens (including phenoxy) is 1. The first kappa shape index (κ1) is 14.3. The Balaban J connectivity index is 4.29. The van der Waals surface area contributed by atoms with Crippen LogP contribution in [0.4, 0.5) is 0 Å². The second-order valence-electron chi connectivity index (χ2n) is 3.18. The number of aldehydes is 1. The van der Waals surface area contributed by atoms with Crippen molar-refractivity contribution in [2.24, 2.45) is 0 Å². The van der Waals surface area contributed by atoms with Gasteiger partial charge < -0.3 is 10.1 Å². The Morgan fingerprint density at radius 2 is 2.12 bits per heavy atom. The van der Waals surface area contributed by atoms with Crippen molar-refractivity contribution < 1.29 is 19.1 Å². The average Bonchev–Trinajstić information content (AvgIpc) is 2.30. The van der Waals surface area contributed by atoms with E-state index in [2.05, 4.69) is 5.32 Å². The first-order valence-corrected chi connectivity index (χ1v) is 5.19. The predicted molar refractivity (Wildman–Crippen MR) is 58.7 cm³/mol. The Bertz CT molecular complexity index is 273. The van der Waals surface area contributed by atoms with Crippen LogP contribution in [0, 0.1) is 0 Å². The average molecular weight is 227 g/mol. The van der Waals surface area contributed by atoms with Gasteiger partial charge in [-0.05, 0) is 18.9 Å². The molecule has 0 heterocycles. The van der Waals surface area contributed by atoms with Gasteiger partial charge in [0.15, 0.2) is 6.10 Å². The molecule has 90 valence electrons. The molecule has 0 aliphatic heterocycles. The largest absolute Gasteiger partial charge is 0.449 e. The third-order valence-electron chi connectivity index (χ3n) is 1.93. The van der Waals surface area contributed by atoms with Crippen LogP contribution < -0.4 is 5.32 Å². The van der Waals surface area contributed by atoms with Crippen LogP contribution in [0.5, 0.6) is 0 Å². The van der Waals surface area contributed by atoms with Crippen LogP contribution in [0.1, 0.15) is 26.2 Å². The molecule has 0 saturated carbocycles. The van der Waals surface area contributed by atoms with E-state index in [1.807, 2.05) is 6.92 Å². The fourth-order valence-corrected chi connectivity index (χ4v) is 1.09. The summed E-state index contributed by atoms with van der Waals surface area (Å²) in [5.41, 5.74) is 0. The highest BCUT2D eigenvalue weighted by Gasteiger charge is 2.19. The minimum atomic E-state index is -0.784. The zero-order chi connectivity index (χ0) is 12.4. The van der Waals surface area contributed by atoms with Gasteiger partial charge in [0.05, 0.1) is 0 Å². The molecule has 0 saturated heterocycles. The fraction of sp³-hybridized carbons (Fsp3) is 0.545. The summed E-state index contributed by atoms with van der Waals surface area (Å²) in [4.78, 5) is 32.5. The van der Waals surface area contributed by atoms with Crippen molar-refractivity contribution in [1.82, 2.24) is 5.32 Å². The van der Waals surface area contributed by atoms with Gasteiger partial charge >= 0.3 is 5.97 Å². The van der Waals surface area contributed by atoms with Gasteiger partial charge in [-0.1, -0.05) is 13.3 Å². The molecule has 16 heavy (non-hydrogen) atoms. The maximum atomic E-state index is 11.3. The van der Waals surface area contributed by atoms with E-state index < -0.39 is 12.1 Å². The van der Waals surface area contributed by atoms with E-state index >= 15 is 0 Å². The molecule has 1 unspecified atom stereocenters. The molecule has 0 rings (SSSR count). The number of carbonyl (C=O) groups excluding carboxylic acids is 3. The van der Waals surface area contributed by atoms with Crippen molar-refractivity contribution in [3.63, 3.8) is 0 Å². The number of likely N-dealkylation sites (N-methyl/N-ethyl adjacent to an activating group) is 1. The number of nitrogens with one attached hydrogen (secondary N) is 1. The Morgan fingerprint density at radius 3 is 2.62 bits per heavy atom. The number of hydrogen-bond acceptors (Lipinski definition) is 4. The van der Waals surface area contributed by atoms with Crippen molar-refractivity contribution in [2.75, 3.05) is 7.05 Å². The number of amides is 1. The third-order valence-corrected chi connectivity index (χ3v) is 1.93. The standard InChI is InChI=1S/C11H17NO4/c1-3-4-6-9(11(15)12-2)16-10(14)7-5-8-13/h5,7-9H,3-4,6H2,1-2H3,(H,12,15). The molecule has 0 radical (unpaired) electrons. The van der Waals surface area contributed by atoms with Crippen molar-refractivity contribution in [1.29, 1.82) is 0 Å². The van der Waals surface area contributed by atoms with Gasteiger partial charge in [0.1, 0.15) is 6.29 Å². The molecular weight excluding hydrogens is 210 g/mol. The Hall–Kier alpha value is -1.65. The summed E-state index contributed by atoms with van der Waals surface area (Å²) < 4.78 is 4.91. The van der Waals surface area contributed by atoms with Crippen molar-refractivity contribution >= 4 is 18.2 Å². The van der Waals surface area contributed by atoms with E-state index in [0.29, 0.717) is 12.7 Å². The SMILES string of the molecule is CCCCC(OC(=O)C=CC=O)C(=O)NC. The van der Waals surface area contributed by atoms with Crippen molar-refractivity contribution in [2.45, 2.75) is 32.3 Å². The van der Waals surface area contributed by atoms with Crippen LogP contribution in [0.15, 0.2) is 12.2 Å². The molecule has 5 nitrogen and oxygen atoms in total. The first-order chi connectivity index (χ1) is 7.65. The summed E-state index contributed by atoms with van der Waals surface area (Å²) in [6.45, 7) is 1.98. The molecule has 0 aromatic rings. The van der Waals surface area contributed by atoms with Gasteiger partial charge in [-0.3, -0.25) is 9.59 Å². The molecule has 1 atom stereocenters. The van der Waals surface area contributed by atoms with E-state index in [4.69, 9.17) is 4.74 Å². The number of esters is 1. The molecule has 0 aromatic carbocycles.